The van der Waals surface area contributed by atoms with Crippen molar-refractivity contribution in [3.05, 3.63) is 144 Å². The molecule has 1 unspecified atom stereocenters. The first-order valence-electron chi connectivity index (χ1n) is 15.1. The second-order valence-corrected chi connectivity index (χ2v) is 21.0. The molecular formula is C40H40Cl2SiZr-2. The van der Waals surface area contributed by atoms with E-state index in [0.29, 0.717) is 5.92 Å². The van der Waals surface area contributed by atoms with Crippen molar-refractivity contribution >= 4 is 27.0 Å². The molecule has 0 amide bonds. The Morgan fingerprint density at radius 3 is 1.91 bits per heavy atom. The third-order valence-electron chi connectivity index (χ3n) is 7.87. The average Bonchev–Trinajstić information content (AvgIpc) is 3.63. The van der Waals surface area contributed by atoms with Crippen LogP contribution in [0.4, 0.5) is 0 Å². The standard InChI is InChI=1S/C21H19.C17H15.C2H6Si.2ClH.Zr/c1-3-8-16(9-4-1)19-14-18-12-7-13-20(21(18)15-19)17-10-5-2-6-11-17;1-12-10-16-13(2)8-9-15(17(16)11-12)14-6-4-3-5-7-14;1-3-2;;;/h2-3,5-8,10-16H,1,4,9H2;3-11H,1-2H3;1-2H3;2*1H;/q2*-1;;;;+2/p-2. The Balaban J connectivity index is 0.000000210. The Kier molecular flexibility index (Phi) is 14.1. The molecule has 0 spiro atoms. The normalized spacial score (nSPS) is 13.5. The molecule has 224 valence electrons. The summed E-state index contributed by atoms with van der Waals surface area (Å²) in [4.78, 5) is 0. The molecule has 6 aromatic rings. The molecule has 0 saturated heterocycles. The van der Waals surface area contributed by atoms with Crippen molar-refractivity contribution < 1.29 is 48.1 Å². The topological polar surface area (TPSA) is 0 Å². The SMILES string of the molecule is C1=CC(c2cc3c(-c4ccccc4)cccc3[cH-]2)CCC1.C[Si](C)=[Zr+2].Cc1cc2c(-c3ccccc3)ccc(C)c2[cH-]1.[Cl-].[Cl-]. The minimum Gasteiger partial charge on any atom is -1.00 e. The molecule has 1 aliphatic rings. The van der Waals surface area contributed by atoms with Crippen LogP contribution in [0.1, 0.15) is 41.9 Å². The van der Waals surface area contributed by atoms with E-state index in [0.717, 1.165) is 0 Å². The largest absolute Gasteiger partial charge is 1.00 e. The van der Waals surface area contributed by atoms with Crippen molar-refractivity contribution in [2.75, 3.05) is 0 Å². The molecule has 0 fully saturated rings. The summed E-state index contributed by atoms with van der Waals surface area (Å²) in [7, 11) is 0. The molecule has 0 radical (unpaired) electrons. The van der Waals surface area contributed by atoms with Gasteiger partial charge in [0.1, 0.15) is 0 Å². The quantitative estimate of drug-likeness (QED) is 0.126. The van der Waals surface area contributed by atoms with Crippen LogP contribution in [0, 0.1) is 13.8 Å². The fourth-order valence-corrected chi connectivity index (χ4v) is 5.89. The van der Waals surface area contributed by atoms with Crippen LogP contribution >= 0.6 is 0 Å². The van der Waals surface area contributed by atoms with E-state index < -0.39 is 0 Å². The number of aryl methyl sites for hydroxylation is 2. The zero-order chi connectivity index (χ0) is 29.5. The first-order valence-corrected chi connectivity index (χ1v) is 21.2. The number of rotatable bonds is 3. The van der Waals surface area contributed by atoms with E-state index in [4.69, 9.17) is 0 Å². The van der Waals surface area contributed by atoms with Crippen molar-refractivity contribution in [3.63, 3.8) is 0 Å². The Morgan fingerprint density at radius 2 is 1.32 bits per heavy atom. The van der Waals surface area contributed by atoms with Gasteiger partial charge in [-0.15, -0.1) is 68.6 Å². The molecular weight excluding hydrogens is 671 g/mol. The molecule has 0 N–H and O–H groups in total. The van der Waals surface area contributed by atoms with Crippen LogP contribution < -0.4 is 24.8 Å². The third kappa shape index (κ3) is 9.04. The molecule has 0 aromatic heterocycles. The number of hydrogen-bond donors (Lipinski definition) is 0. The maximum atomic E-state index is 2.40. The minimum atomic E-state index is 0. The molecule has 0 saturated carbocycles. The van der Waals surface area contributed by atoms with Crippen molar-refractivity contribution in [2.24, 2.45) is 0 Å². The van der Waals surface area contributed by atoms with Gasteiger partial charge in [-0.05, 0) is 36.3 Å². The van der Waals surface area contributed by atoms with Crippen LogP contribution in [-0.2, 0) is 23.3 Å². The first kappa shape index (κ1) is 36.0. The van der Waals surface area contributed by atoms with E-state index in [9.17, 15) is 0 Å². The fraction of sp³-hybridized carbons (Fsp3) is 0.200. The van der Waals surface area contributed by atoms with Crippen LogP contribution in [0.25, 0.3) is 43.8 Å². The van der Waals surface area contributed by atoms with Crippen molar-refractivity contribution in [1.29, 1.82) is 0 Å². The van der Waals surface area contributed by atoms with Gasteiger partial charge in [-0.1, -0.05) is 110 Å². The van der Waals surface area contributed by atoms with Crippen LogP contribution in [0.15, 0.2) is 127 Å². The second-order valence-electron chi connectivity index (χ2n) is 11.6. The summed E-state index contributed by atoms with van der Waals surface area (Å²) in [5.41, 5.74) is 9.66. The maximum Gasteiger partial charge on any atom is -0.0279 e. The number of fused-ring (bicyclic) bond motifs is 2. The first-order chi connectivity index (χ1) is 20.4. The Bertz CT molecular complexity index is 1810. The summed E-state index contributed by atoms with van der Waals surface area (Å²) in [6.45, 7) is 8.96. The molecule has 1 aliphatic carbocycles. The van der Waals surface area contributed by atoms with E-state index >= 15 is 0 Å². The predicted octanol–water partition coefficient (Wildman–Crippen LogP) is 5.68. The molecule has 44 heavy (non-hydrogen) atoms. The van der Waals surface area contributed by atoms with Gasteiger partial charge in [0.2, 0.25) is 0 Å². The van der Waals surface area contributed by atoms with Gasteiger partial charge in [0.15, 0.2) is 0 Å². The zero-order valence-corrected chi connectivity index (χ0v) is 31.0. The van der Waals surface area contributed by atoms with Gasteiger partial charge >= 0.3 is 41.9 Å². The van der Waals surface area contributed by atoms with Crippen molar-refractivity contribution in [1.82, 2.24) is 0 Å². The van der Waals surface area contributed by atoms with E-state index in [-0.39, 0.29) is 30.2 Å². The maximum absolute atomic E-state index is 2.40. The molecule has 0 heterocycles. The van der Waals surface area contributed by atoms with Gasteiger partial charge in [0.25, 0.3) is 0 Å². The third-order valence-corrected chi connectivity index (χ3v) is 7.87. The average molecular weight is 711 g/mol. The second kappa shape index (κ2) is 17.3. The summed E-state index contributed by atoms with van der Waals surface area (Å²) < 4.78 is 0. The van der Waals surface area contributed by atoms with Crippen molar-refractivity contribution in [3.8, 4) is 22.3 Å². The number of benzene rings is 4. The van der Waals surface area contributed by atoms with E-state index in [1.807, 2.05) is 0 Å². The van der Waals surface area contributed by atoms with Gasteiger partial charge < -0.3 is 24.8 Å². The number of allylic oxidation sites excluding steroid dienone is 2. The molecule has 4 heteroatoms. The summed E-state index contributed by atoms with van der Waals surface area (Å²) in [5.74, 6) is 0.606. The summed E-state index contributed by atoms with van der Waals surface area (Å²) in [6, 6.07) is 41.7. The predicted molar refractivity (Wildman–Crippen MR) is 183 cm³/mol. The fourth-order valence-electron chi connectivity index (χ4n) is 5.89. The summed E-state index contributed by atoms with van der Waals surface area (Å²) in [5, 5.41) is 5.50. The van der Waals surface area contributed by atoms with E-state index in [1.54, 1.807) is 23.3 Å². The van der Waals surface area contributed by atoms with Gasteiger partial charge in [0.05, 0.1) is 0 Å². The summed E-state index contributed by atoms with van der Waals surface area (Å²) in [6.07, 6.45) is 8.57. The van der Waals surface area contributed by atoms with E-state index in [2.05, 4.69) is 154 Å². The van der Waals surface area contributed by atoms with Gasteiger partial charge in [-0.3, -0.25) is 0 Å². The molecule has 0 bridgehead atoms. The van der Waals surface area contributed by atoms with Crippen molar-refractivity contribution in [2.45, 2.75) is 52.1 Å². The van der Waals surface area contributed by atoms with E-state index in [1.165, 1.54) is 79.8 Å². The summed E-state index contributed by atoms with van der Waals surface area (Å²) >= 11 is 1.74. The van der Waals surface area contributed by atoms with Crippen LogP contribution in [-0.4, -0.2) is 5.43 Å². The van der Waals surface area contributed by atoms with Gasteiger partial charge in [-0.25, -0.2) is 0 Å². The zero-order valence-electron chi connectivity index (χ0n) is 26.1. The minimum absolute atomic E-state index is 0. The van der Waals surface area contributed by atoms with Crippen LogP contribution in [0.3, 0.4) is 0 Å². The number of hydrogen-bond acceptors (Lipinski definition) is 0. The van der Waals surface area contributed by atoms with Gasteiger partial charge in [-0.2, -0.15) is 12.1 Å². The smallest absolute Gasteiger partial charge is 0.0279 e. The molecule has 7 rings (SSSR count). The van der Waals surface area contributed by atoms with Gasteiger partial charge in [0, 0.05) is 0 Å². The van der Waals surface area contributed by atoms with Crippen LogP contribution in [0.2, 0.25) is 13.1 Å². The molecule has 0 aliphatic heterocycles. The molecule has 0 nitrogen and oxygen atoms in total. The number of halogens is 2. The molecule has 6 aromatic carbocycles. The molecule has 1 atom stereocenters. The van der Waals surface area contributed by atoms with Crippen LogP contribution in [0.5, 0.6) is 0 Å². The Labute approximate surface area is 291 Å². The Morgan fingerprint density at radius 1 is 0.705 bits per heavy atom. The Hall–Kier alpha value is -2.48. The monoisotopic (exact) mass is 708 g/mol.